The van der Waals surface area contributed by atoms with Gasteiger partial charge in [-0.1, -0.05) is 6.07 Å². The lowest BCUT2D eigenvalue weighted by Crippen LogP contribution is -2.14. The molecular weight excluding hydrogens is 515 g/mol. The number of carbonyl (C=O) groups is 2. The number of carboxylic acid groups (broad SMARTS) is 1. The first-order chi connectivity index (χ1) is 14.8. The van der Waals surface area contributed by atoms with E-state index >= 15 is 0 Å². The van der Waals surface area contributed by atoms with Crippen LogP contribution in [0.3, 0.4) is 0 Å². The van der Waals surface area contributed by atoms with Crippen molar-refractivity contribution < 1.29 is 28.9 Å². The fourth-order valence-corrected chi connectivity index (χ4v) is 3.41. The first-order valence-corrected chi connectivity index (χ1v) is 10.3. The van der Waals surface area contributed by atoms with Crippen LogP contribution in [0.1, 0.15) is 18.1 Å². The summed E-state index contributed by atoms with van der Waals surface area (Å²) in [5.41, 5.74) is 1.78. The first-order valence-electron chi connectivity index (χ1n) is 9.17. The maximum absolute atomic E-state index is 12.7. The van der Waals surface area contributed by atoms with Crippen LogP contribution in [0.15, 0.2) is 35.9 Å². The molecule has 2 rings (SSSR count). The van der Waals surface area contributed by atoms with E-state index in [0.717, 1.165) is 5.56 Å². The number of rotatable bonds is 9. The zero-order valence-corrected chi connectivity index (χ0v) is 19.3. The lowest BCUT2D eigenvalue weighted by molar-refractivity contribution is -0.139. The highest BCUT2D eigenvalue weighted by molar-refractivity contribution is 14.1. The molecule has 0 atom stereocenters. The van der Waals surface area contributed by atoms with Crippen LogP contribution in [0.2, 0.25) is 0 Å². The molecule has 0 spiro atoms. The van der Waals surface area contributed by atoms with E-state index < -0.39 is 18.5 Å². The van der Waals surface area contributed by atoms with E-state index in [1.807, 2.05) is 41.7 Å². The summed E-state index contributed by atoms with van der Waals surface area (Å²) in [6.07, 6.45) is 1.42. The molecule has 9 heteroatoms. The van der Waals surface area contributed by atoms with Crippen LogP contribution in [-0.2, 0) is 9.59 Å². The van der Waals surface area contributed by atoms with Crippen LogP contribution in [-0.4, -0.2) is 37.3 Å². The van der Waals surface area contributed by atoms with Crippen molar-refractivity contribution in [3.05, 3.63) is 50.6 Å². The summed E-state index contributed by atoms with van der Waals surface area (Å²) >= 11 is 1.98. The Labute approximate surface area is 193 Å². The van der Waals surface area contributed by atoms with E-state index in [0.29, 0.717) is 32.9 Å². The summed E-state index contributed by atoms with van der Waals surface area (Å²) in [5.74, 6) is -0.624. The second-order valence-corrected chi connectivity index (χ2v) is 7.44. The van der Waals surface area contributed by atoms with Gasteiger partial charge in [0.05, 0.1) is 23.0 Å². The Kier molecular flexibility index (Phi) is 8.69. The zero-order chi connectivity index (χ0) is 23.0. The van der Waals surface area contributed by atoms with Gasteiger partial charge in [0, 0.05) is 0 Å². The van der Waals surface area contributed by atoms with Crippen LogP contribution in [0, 0.1) is 21.8 Å². The Balaban J connectivity index is 2.37. The number of carbonyl (C=O) groups excluding carboxylic acids is 1. The Hall–Kier alpha value is -3.26. The summed E-state index contributed by atoms with van der Waals surface area (Å²) in [7, 11) is 1.49. The number of nitriles is 1. The van der Waals surface area contributed by atoms with Gasteiger partial charge in [0.2, 0.25) is 0 Å². The fraction of sp³-hybridized carbons (Fsp3) is 0.227. The molecule has 31 heavy (non-hydrogen) atoms. The van der Waals surface area contributed by atoms with Crippen molar-refractivity contribution in [3.8, 4) is 23.3 Å². The number of carboxylic acids is 1. The van der Waals surface area contributed by atoms with E-state index in [2.05, 4.69) is 5.32 Å². The van der Waals surface area contributed by atoms with Gasteiger partial charge in [-0.3, -0.25) is 4.79 Å². The van der Waals surface area contributed by atoms with E-state index in [1.165, 1.54) is 13.2 Å². The topological polar surface area (TPSA) is 118 Å². The molecule has 162 valence electrons. The van der Waals surface area contributed by atoms with E-state index in [9.17, 15) is 14.9 Å². The van der Waals surface area contributed by atoms with Crippen LogP contribution in [0.4, 0.5) is 5.69 Å². The molecule has 0 aliphatic carbocycles. The number of aliphatic carboxylic acids is 1. The lowest BCUT2D eigenvalue weighted by atomic mass is 10.1. The Morgan fingerprint density at radius 3 is 2.58 bits per heavy atom. The van der Waals surface area contributed by atoms with Crippen molar-refractivity contribution in [1.29, 1.82) is 5.26 Å². The predicted molar refractivity (Wildman–Crippen MR) is 123 cm³/mol. The summed E-state index contributed by atoms with van der Waals surface area (Å²) in [6.45, 7) is 3.46. The molecule has 2 aromatic rings. The smallest absolute Gasteiger partial charge is 0.341 e. The highest BCUT2D eigenvalue weighted by atomic mass is 127. The highest BCUT2D eigenvalue weighted by Crippen LogP contribution is 2.35. The van der Waals surface area contributed by atoms with Gasteiger partial charge in [0.15, 0.2) is 18.1 Å². The average Bonchev–Trinajstić information content (AvgIpc) is 2.71. The van der Waals surface area contributed by atoms with Gasteiger partial charge in [-0.05, 0) is 77.9 Å². The summed E-state index contributed by atoms with van der Waals surface area (Å²) in [6, 6.07) is 10.5. The van der Waals surface area contributed by atoms with Crippen molar-refractivity contribution in [1.82, 2.24) is 0 Å². The number of ether oxygens (including phenoxy) is 3. The van der Waals surface area contributed by atoms with Crippen molar-refractivity contribution in [3.63, 3.8) is 0 Å². The number of methoxy groups -OCH3 is 1. The van der Waals surface area contributed by atoms with Crippen LogP contribution in [0.5, 0.6) is 17.2 Å². The minimum atomic E-state index is -1.11. The van der Waals surface area contributed by atoms with Crippen molar-refractivity contribution >= 4 is 46.2 Å². The molecular formula is C22H21IN2O6. The molecule has 1 amide bonds. The van der Waals surface area contributed by atoms with Crippen LogP contribution >= 0.6 is 22.6 Å². The number of nitrogens with zero attached hydrogens (tertiary/aromatic N) is 1. The van der Waals surface area contributed by atoms with E-state index in [4.69, 9.17) is 19.3 Å². The molecule has 2 aromatic carbocycles. The van der Waals surface area contributed by atoms with E-state index in [-0.39, 0.29) is 11.3 Å². The number of hydrogen-bond acceptors (Lipinski definition) is 6. The maximum Gasteiger partial charge on any atom is 0.341 e. The van der Waals surface area contributed by atoms with Gasteiger partial charge in [0.1, 0.15) is 17.4 Å². The number of amides is 1. The molecule has 2 N–H and O–H groups in total. The highest BCUT2D eigenvalue weighted by Gasteiger charge is 2.16. The van der Waals surface area contributed by atoms with Crippen LogP contribution in [0.25, 0.3) is 6.08 Å². The van der Waals surface area contributed by atoms with Gasteiger partial charge in [0.25, 0.3) is 5.91 Å². The number of nitrogens with one attached hydrogen (secondary N) is 1. The van der Waals surface area contributed by atoms with Gasteiger partial charge in [-0.15, -0.1) is 0 Å². The molecule has 8 nitrogen and oxygen atoms in total. The maximum atomic E-state index is 12.7. The largest absolute Gasteiger partial charge is 0.495 e. The third-order valence-corrected chi connectivity index (χ3v) is 4.75. The molecule has 0 aliphatic heterocycles. The minimum absolute atomic E-state index is 0.124. The van der Waals surface area contributed by atoms with Crippen molar-refractivity contribution in [2.75, 3.05) is 25.6 Å². The molecule has 0 bridgehead atoms. The molecule has 0 unspecified atom stereocenters. The third-order valence-electron chi connectivity index (χ3n) is 3.95. The summed E-state index contributed by atoms with van der Waals surface area (Å²) < 4.78 is 16.7. The lowest BCUT2D eigenvalue weighted by Gasteiger charge is -2.14. The summed E-state index contributed by atoms with van der Waals surface area (Å²) in [4.78, 5) is 23.5. The molecule has 0 heterocycles. The molecule has 0 radical (unpaired) electrons. The fourth-order valence-electron chi connectivity index (χ4n) is 2.63. The van der Waals surface area contributed by atoms with Gasteiger partial charge in [-0.25, -0.2) is 4.79 Å². The average molecular weight is 536 g/mol. The second kappa shape index (κ2) is 11.2. The minimum Gasteiger partial charge on any atom is -0.495 e. The molecule has 0 aliphatic rings. The monoisotopic (exact) mass is 536 g/mol. The number of hydrogen-bond donors (Lipinski definition) is 2. The van der Waals surface area contributed by atoms with Crippen molar-refractivity contribution in [2.45, 2.75) is 13.8 Å². The normalized spacial score (nSPS) is 10.7. The number of benzene rings is 2. The number of halogens is 1. The molecule has 0 saturated heterocycles. The molecule has 0 fully saturated rings. The standard InChI is InChI=1S/C22H21IN2O6/c1-4-30-19-10-14(9-16(23)21(19)31-12-20(26)27)8-15(11-24)22(28)25-17-7-13(2)5-6-18(17)29-3/h5-10H,4,12H2,1-3H3,(H,25,28)(H,26,27)/b15-8+. The molecule has 0 saturated carbocycles. The van der Waals surface area contributed by atoms with Crippen molar-refractivity contribution in [2.24, 2.45) is 0 Å². The second-order valence-electron chi connectivity index (χ2n) is 6.27. The SMILES string of the molecule is CCOc1cc(/C=C(\C#N)C(=O)Nc2cc(C)ccc2OC)cc(I)c1OCC(=O)O. The zero-order valence-electron chi connectivity index (χ0n) is 17.2. The Bertz CT molecular complexity index is 1060. The predicted octanol–water partition coefficient (Wildman–Crippen LogP) is 4.02. The Morgan fingerprint density at radius 2 is 1.97 bits per heavy atom. The van der Waals surface area contributed by atoms with E-state index in [1.54, 1.807) is 31.2 Å². The summed E-state index contributed by atoms with van der Waals surface area (Å²) in [5, 5.41) is 21.1. The van der Waals surface area contributed by atoms with Crippen LogP contribution < -0.4 is 19.5 Å². The number of aryl methyl sites for hydroxylation is 1. The quantitative estimate of drug-likeness (QED) is 0.283. The molecule has 0 aromatic heterocycles. The van der Waals surface area contributed by atoms with Gasteiger partial charge in [-0.2, -0.15) is 5.26 Å². The third kappa shape index (κ3) is 6.62. The first kappa shape index (κ1) is 24.0. The van der Waals surface area contributed by atoms with Gasteiger partial charge >= 0.3 is 5.97 Å². The van der Waals surface area contributed by atoms with Gasteiger partial charge < -0.3 is 24.6 Å². The Morgan fingerprint density at radius 1 is 1.23 bits per heavy atom. The number of anilines is 1.